The molecule has 0 saturated carbocycles. The van der Waals surface area contributed by atoms with Crippen LogP contribution < -0.4 is 9.47 Å². The molecule has 8 heteroatoms. The van der Waals surface area contributed by atoms with Crippen molar-refractivity contribution in [3.63, 3.8) is 0 Å². The first-order valence-electron chi connectivity index (χ1n) is 8.89. The van der Waals surface area contributed by atoms with Crippen molar-refractivity contribution >= 4 is 5.91 Å². The summed E-state index contributed by atoms with van der Waals surface area (Å²) in [6.07, 6.45) is 2.93. The van der Waals surface area contributed by atoms with E-state index in [2.05, 4.69) is 34.0 Å². The number of carbonyl (C=O) groups excluding carboxylic acids is 1. The summed E-state index contributed by atoms with van der Waals surface area (Å²) in [6.45, 7) is 5.50. The third kappa shape index (κ3) is 3.49. The van der Waals surface area contributed by atoms with Crippen LogP contribution in [0.1, 0.15) is 60.0 Å². The molecule has 140 valence electrons. The van der Waals surface area contributed by atoms with Gasteiger partial charge in [0, 0.05) is 42.8 Å². The minimum atomic E-state index is -0.162. The summed E-state index contributed by atoms with van der Waals surface area (Å²) >= 11 is 0. The SMILES string of the molecule is CCC[C@@H](C)c1n[nH]c2c1CN(C(=O)c1cc(OC)nc(OC)n1)CC2. The second-order valence-electron chi connectivity index (χ2n) is 6.51. The van der Waals surface area contributed by atoms with Gasteiger partial charge in [0.15, 0.2) is 0 Å². The molecule has 1 N–H and O–H groups in total. The first kappa shape index (κ1) is 18.2. The third-order valence-electron chi connectivity index (χ3n) is 4.73. The number of amides is 1. The number of ether oxygens (including phenoxy) is 2. The van der Waals surface area contributed by atoms with Crippen LogP contribution in [0.4, 0.5) is 0 Å². The number of hydrogen-bond acceptors (Lipinski definition) is 6. The zero-order valence-corrected chi connectivity index (χ0v) is 15.7. The maximum absolute atomic E-state index is 13.0. The first-order chi connectivity index (χ1) is 12.6. The highest BCUT2D eigenvalue weighted by molar-refractivity contribution is 5.92. The van der Waals surface area contributed by atoms with Crippen LogP contribution in [0.25, 0.3) is 0 Å². The topological polar surface area (TPSA) is 93.2 Å². The van der Waals surface area contributed by atoms with Crippen LogP contribution in [0.3, 0.4) is 0 Å². The van der Waals surface area contributed by atoms with Crippen LogP contribution in [-0.2, 0) is 13.0 Å². The number of carbonyl (C=O) groups is 1. The maximum atomic E-state index is 13.0. The summed E-state index contributed by atoms with van der Waals surface area (Å²) in [5.74, 6) is 0.512. The van der Waals surface area contributed by atoms with Gasteiger partial charge in [0.2, 0.25) is 5.88 Å². The molecule has 0 saturated heterocycles. The Labute approximate surface area is 152 Å². The molecule has 2 aromatic heterocycles. The normalized spacial score (nSPS) is 14.7. The van der Waals surface area contributed by atoms with Gasteiger partial charge >= 0.3 is 6.01 Å². The molecule has 26 heavy (non-hydrogen) atoms. The Bertz CT molecular complexity index is 767. The molecule has 3 heterocycles. The maximum Gasteiger partial charge on any atom is 0.320 e. The molecule has 1 aliphatic rings. The molecule has 0 radical (unpaired) electrons. The average Bonchev–Trinajstić information content (AvgIpc) is 3.10. The lowest BCUT2D eigenvalue weighted by molar-refractivity contribution is 0.0725. The second kappa shape index (κ2) is 7.72. The van der Waals surface area contributed by atoms with E-state index in [1.807, 2.05) is 0 Å². The molecule has 8 nitrogen and oxygen atoms in total. The molecule has 1 amide bonds. The lowest BCUT2D eigenvalue weighted by atomic mass is 9.95. The Hall–Kier alpha value is -2.64. The molecule has 0 unspecified atom stereocenters. The first-order valence-corrected chi connectivity index (χ1v) is 8.89. The molecule has 1 aliphatic heterocycles. The van der Waals surface area contributed by atoms with E-state index in [0.29, 0.717) is 24.9 Å². The summed E-state index contributed by atoms with van der Waals surface area (Å²) in [7, 11) is 2.96. The molecule has 0 aromatic carbocycles. The molecule has 3 rings (SSSR count). The third-order valence-corrected chi connectivity index (χ3v) is 4.73. The van der Waals surface area contributed by atoms with E-state index >= 15 is 0 Å². The van der Waals surface area contributed by atoms with Gasteiger partial charge in [0.05, 0.1) is 19.9 Å². The molecular weight excluding hydrogens is 334 g/mol. The van der Waals surface area contributed by atoms with Crippen molar-refractivity contribution in [2.24, 2.45) is 0 Å². The van der Waals surface area contributed by atoms with Gasteiger partial charge in [-0.3, -0.25) is 9.89 Å². The second-order valence-corrected chi connectivity index (χ2v) is 6.51. The number of nitrogens with zero attached hydrogens (tertiary/aromatic N) is 4. The predicted octanol–water partition coefficient (Wildman–Crippen LogP) is 2.32. The molecule has 2 aromatic rings. The minimum absolute atomic E-state index is 0.117. The van der Waals surface area contributed by atoms with Crippen LogP contribution in [0, 0.1) is 0 Å². The van der Waals surface area contributed by atoms with Gasteiger partial charge in [0.25, 0.3) is 5.91 Å². The smallest absolute Gasteiger partial charge is 0.320 e. The minimum Gasteiger partial charge on any atom is -0.481 e. The molecule has 0 fully saturated rings. The lowest BCUT2D eigenvalue weighted by Gasteiger charge is -2.27. The van der Waals surface area contributed by atoms with Crippen molar-refractivity contribution in [3.05, 3.63) is 28.7 Å². The number of H-pyrrole nitrogens is 1. The molecule has 0 aliphatic carbocycles. The van der Waals surface area contributed by atoms with E-state index in [9.17, 15) is 4.79 Å². The number of aromatic nitrogens is 4. The zero-order chi connectivity index (χ0) is 18.7. The standard InChI is InChI=1S/C18H25N5O3/c1-5-6-11(2)16-12-10-23(8-7-13(12)21-22-16)17(24)14-9-15(25-3)20-18(19-14)26-4/h9,11H,5-8,10H2,1-4H3,(H,21,22)/t11-/m1/s1. The van der Waals surface area contributed by atoms with E-state index in [1.54, 1.807) is 4.90 Å². The van der Waals surface area contributed by atoms with Gasteiger partial charge in [0.1, 0.15) is 5.69 Å². The van der Waals surface area contributed by atoms with E-state index < -0.39 is 0 Å². The monoisotopic (exact) mass is 359 g/mol. The van der Waals surface area contributed by atoms with E-state index in [-0.39, 0.29) is 17.6 Å². The van der Waals surface area contributed by atoms with Gasteiger partial charge in [-0.05, 0) is 6.42 Å². The van der Waals surface area contributed by atoms with Gasteiger partial charge < -0.3 is 14.4 Å². The largest absolute Gasteiger partial charge is 0.481 e. The molecular formula is C18H25N5O3. The summed E-state index contributed by atoms with van der Waals surface area (Å²) in [5.41, 5.74) is 3.60. The molecule has 0 bridgehead atoms. The van der Waals surface area contributed by atoms with Crippen LogP contribution >= 0.6 is 0 Å². The Morgan fingerprint density at radius 3 is 2.85 bits per heavy atom. The van der Waals surface area contributed by atoms with Crippen molar-refractivity contribution in [1.29, 1.82) is 0 Å². The number of nitrogens with one attached hydrogen (secondary N) is 1. The Morgan fingerprint density at radius 2 is 2.15 bits per heavy atom. The average molecular weight is 359 g/mol. The lowest BCUT2D eigenvalue weighted by Crippen LogP contribution is -2.36. The van der Waals surface area contributed by atoms with Crippen molar-refractivity contribution in [2.45, 2.75) is 45.6 Å². The highest BCUT2D eigenvalue weighted by Crippen LogP contribution is 2.29. The highest BCUT2D eigenvalue weighted by atomic mass is 16.5. The van der Waals surface area contributed by atoms with E-state index in [4.69, 9.17) is 9.47 Å². The number of aromatic amines is 1. The van der Waals surface area contributed by atoms with Crippen LogP contribution in [-0.4, -0.2) is 51.7 Å². The van der Waals surface area contributed by atoms with Gasteiger partial charge in [-0.25, -0.2) is 0 Å². The van der Waals surface area contributed by atoms with Crippen molar-refractivity contribution < 1.29 is 14.3 Å². The number of rotatable bonds is 6. The Morgan fingerprint density at radius 1 is 1.35 bits per heavy atom. The van der Waals surface area contributed by atoms with Crippen LogP contribution in [0.15, 0.2) is 6.07 Å². The molecule has 0 spiro atoms. The summed E-state index contributed by atoms with van der Waals surface area (Å²) in [5, 5.41) is 7.66. The van der Waals surface area contributed by atoms with E-state index in [1.165, 1.54) is 20.3 Å². The molecule has 1 atom stereocenters. The summed E-state index contributed by atoms with van der Waals surface area (Å²) < 4.78 is 10.2. The number of methoxy groups -OCH3 is 2. The number of fused-ring (bicyclic) bond motifs is 1. The highest BCUT2D eigenvalue weighted by Gasteiger charge is 2.28. The van der Waals surface area contributed by atoms with E-state index in [0.717, 1.165) is 36.2 Å². The Balaban J connectivity index is 1.84. The fourth-order valence-electron chi connectivity index (χ4n) is 3.34. The van der Waals surface area contributed by atoms with Crippen LogP contribution in [0.5, 0.6) is 11.9 Å². The summed E-state index contributed by atoms with van der Waals surface area (Å²) in [4.78, 5) is 23.0. The van der Waals surface area contributed by atoms with Crippen molar-refractivity contribution in [3.8, 4) is 11.9 Å². The van der Waals surface area contributed by atoms with Gasteiger partial charge in [-0.1, -0.05) is 20.3 Å². The van der Waals surface area contributed by atoms with Gasteiger partial charge in [-0.2, -0.15) is 15.1 Å². The zero-order valence-electron chi connectivity index (χ0n) is 15.7. The van der Waals surface area contributed by atoms with Crippen LogP contribution in [0.2, 0.25) is 0 Å². The fraction of sp³-hybridized carbons (Fsp3) is 0.556. The summed E-state index contributed by atoms with van der Waals surface area (Å²) in [6, 6.07) is 1.65. The Kier molecular flexibility index (Phi) is 5.39. The quantitative estimate of drug-likeness (QED) is 0.851. The number of hydrogen-bond donors (Lipinski definition) is 1. The van der Waals surface area contributed by atoms with Crippen molar-refractivity contribution in [2.75, 3.05) is 20.8 Å². The predicted molar refractivity (Wildman–Crippen MR) is 95.5 cm³/mol. The van der Waals surface area contributed by atoms with Crippen molar-refractivity contribution in [1.82, 2.24) is 25.1 Å². The fourth-order valence-corrected chi connectivity index (χ4v) is 3.34. The van der Waals surface area contributed by atoms with Gasteiger partial charge in [-0.15, -0.1) is 0 Å².